The highest BCUT2D eigenvalue weighted by molar-refractivity contribution is 5.79. The summed E-state index contributed by atoms with van der Waals surface area (Å²) in [5, 5.41) is 0. The molecule has 1 saturated heterocycles. The highest BCUT2D eigenvalue weighted by atomic mass is 16.5. The van der Waals surface area contributed by atoms with E-state index in [1.807, 2.05) is 36.2 Å². The zero-order chi connectivity index (χ0) is 14.5. The number of ether oxygens (including phenoxy) is 1. The number of carbonyl (C=O) groups excluding carboxylic acids is 1. The van der Waals surface area contributed by atoms with Gasteiger partial charge in [0.05, 0.1) is 13.0 Å². The van der Waals surface area contributed by atoms with Crippen LogP contribution in [0.3, 0.4) is 0 Å². The third-order valence-electron chi connectivity index (χ3n) is 3.95. The fraction of sp³-hybridized carbons (Fsp3) is 0.562. The molecule has 4 nitrogen and oxygen atoms in total. The molecule has 20 heavy (non-hydrogen) atoms. The second kappa shape index (κ2) is 6.75. The van der Waals surface area contributed by atoms with Crippen molar-refractivity contribution in [3.05, 3.63) is 29.8 Å². The van der Waals surface area contributed by atoms with Gasteiger partial charge in [-0.1, -0.05) is 18.2 Å². The Hall–Kier alpha value is -1.55. The molecule has 0 aliphatic carbocycles. The first-order valence-electron chi connectivity index (χ1n) is 7.17. The SMILES string of the molecule is COc1ccccc1CN(C)C(=O)[C@@H]1CCCN(C)C1. The van der Waals surface area contributed by atoms with Crippen LogP contribution in [-0.2, 0) is 11.3 Å². The van der Waals surface area contributed by atoms with Crippen LogP contribution in [0.1, 0.15) is 18.4 Å². The van der Waals surface area contributed by atoms with Crippen molar-refractivity contribution in [2.24, 2.45) is 5.92 Å². The number of piperidine rings is 1. The maximum atomic E-state index is 12.5. The van der Waals surface area contributed by atoms with Crippen LogP contribution in [0, 0.1) is 5.92 Å². The highest BCUT2D eigenvalue weighted by Crippen LogP contribution is 2.22. The third-order valence-corrected chi connectivity index (χ3v) is 3.95. The number of benzene rings is 1. The van der Waals surface area contributed by atoms with Gasteiger partial charge in [-0.05, 0) is 32.5 Å². The number of carbonyl (C=O) groups is 1. The molecule has 0 unspecified atom stereocenters. The quantitative estimate of drug-likeness (QED) is 0.843. The van der Waals surface area contributed by atoms with Crippen molar-refractivity contribution in [3.63, 3.8) is 0 Å². The average molecular weight is 276 g/mol. The molecule has 1 aliphatic rings. The molecule has 1 fully saturated rings. The second-order valence-electron chi connectivity index (χ2n) is 5.61. The monoisotopic (exact) mass is 276 g/mol. The number of amides is 1. The standard InChI is InChI=1S/C16H24N2O2/c1-17-10-6-8-14(11-17)16(19)18(2)12-13-7-4-5-9-15(13)20-3/h4-5,7,9,14H,6,8,10-12H2,1-3H3/t14-/m1/s1. The number of hydrogen-bond acceptors (Lipinski definition) is 3. The Morgan fingerprint density at radius 1 is 1.45 bits per heavy atom. The van der Waals surface area contributed by atoms with E-state index in [1.165, 1.54) is 0 Å². The lowest BCUT2D eigenvalue weighted by Gasteiger charge is -2.31. The second-order valence-corrected chi connectivity index (χ2v) is 5.61. The van der Waals surface area contributed by atoms with Crippen LogP contribution >= 0.6 is 0 Å². The summed E-state index contributed by atoms with van der Waals surface area (Å²) in [7, 11) is 5.62. The number of methoxy groups -OCH3 is 1. The van der Waals surface area contributed by atoms with Crippen molar-refractivity contribution in [2.45, 2.75) is 19.4 Å². The van der Waals surface area contributed by atoms with E-state index < -0.39 is 0 Å². The van der Waals surface area contributed by atoms with Crippen molar-refractivity contribution in [1.82, 2.24) is 9.80 Å². The Labute approximate surface area is 121 Å². The van der Waals surface area contributed by atoms with Crippen LogP contribution < -0.4 is 4.74 Å². The van der Waals surface area contributed by atoms with E-state index in [0.29, 0.717) is 6.54 Å². The molecule has 0 bridgehead atoms. The van der Waals surface area contributed by atoms with Crippen molar-refractivity contribution < 1.29 is 9.53 Å². The smallest absolute Gasteiger partial charge is 0.227 e. The fourth-order valence-electron chi connectivity index (χ4n) is 2.85. The van der Waals surface area contributed by atoms with Gasteiger partial charge in [-0.25, -0.2) is 0 Å². The van der Waals surface area contributed by atoms with E-state index in [-0.39, 0.29) is 11.8 Å². The largest absolute Gasteiger partial charge is 0.496 e. The number of hydrogen-bond donors (Lipinski definition) is 0. The predicted octanol–water partition coefficient (Wildman–Crippen LogP) is 2.00. The summed E-state index contributed by atoms with van der Waals surface area (Å²) in [5.41, 5.74) is 1.05. The Bertz CT molecular complexity index is 462. The fourth-order valence-corrected chi connectivity index (χ4v) is 2.85. The summed E-state index contributed by atoms with van der Waals surface area (Å²) < 4.78 is 5.34. The van der Waals surface area contributed by atoms with Gasteiger partial charge in [0, 0.05) is 25.7 Å². The maximum Gasteiger partial charge on any atom is 0.227 e. The Kier molecular flexibility index (Phi) is 5.01. The molecule has 0 radical (unpaired) electrons. The van der Waals surface area contributed by atoms with Gasteiger partial charge in [-0.2, -0.15) is 0 Å². The van der Waals surface area contributed by atoms with E-state index in [0.717, 1.165) is 37.2 Å². The van der Waals surface area contributed by atoms with Crippen molar-refractivity contribution >= 4 is 5.91 Å². The predicted molar refractivity (Wildman–Crippen MR) is 79.7 cm³/mol. The van der Waals surface area contributed by atoms with Gasteiger partial charge in [-0.15, -0.1) is 0 Å². The minimum atomic E-state index is 0.133. The van der Waals surface area contributed by atoms with Crippen LogP contribution in [0.25, 0.3) is 0 Å². The highest BCUT2D eigenvalue weighted by Gasteiger charge is 2.26. The molecule has 1 heterocycles. The summed E-state index contributed by atoms with van der Waals surface area (Å²) >= 11 is 0. The normalized spacial score (nSPS) is 19.6. The molecule has 0 saturated carbocycles. The van der Waals surface area contributed by atoms with Crippen LogP contribution in [0.5, 0.6) is 5.75 Å². The molecule has 4 heteroatoms. The molecule has 1 aliphatic heterocycles. The molecular weight excluding hydrogens is 252 g/mol. The minimum absolute atomic E-state index is 0.133. The van der Waals surface area contributed by atoms with Gasteiger partial charge in [0.15, 0.2) is 0 Å². The Morgan fingerprint density at radius 3 is 2.90 bits per heavy atom. The summed E-state index contributed by atoms with van der Waals surface area (Å²) in [5.74, 6) is 1.21. The van der Waals surface area contributed by atoms with Crippen LogP contribution in [0.2, 0.25) is 0 Å². The third kappa shape index (κ3) is 3.51. The van der Waals surface area contributed by atoms with E-state index >= 15 is 0 Å². The van der Waals surface area contributed by atoms with Gasteiger partial charge in [-0.3, -0.25) is 4.79 Å². The Morgan fingerprint density at radius 2 is 2.20 bits per heavy atom. The average Bonchev–Trinajstić information content (AvgIpc) is 2.47. The zero-order valence-corrected chi connectivity index (χ0v) is 12.6. The molecule has 110 valence electrons. The van der Waals surface area contributed by atoms with Crippen LogP contribution in [-0.4, -0.2) is 50.0 Å². The van der Waals surface area contributed by atoms with Gasteiger partial charge in [0.25, 0.3) is 0 Å². The Balaban J connectivity index is 2.00. The van der Waals surface area contributed by atoms with E-state index in [9.17, 15) is 4.79 Å². The van der Waals surface area contributed by atoms with Crippen LogP contribution in [0.15, 0.2) is 24.3 Å². The molecule has 1 amide bonds. The van der Waals surface area contributed by atoms with E-state index in [4.69, 9.17) is 4.74 Å². The number of rotatable bonds is 4. The number of likely N-dealkylation sites (tertiary alicyclic amines) is 1. The van der Waals surface area contributed by atoms with Gasteiger partial charge >= 0.3 is 0 Å². The number of nitrogens with zero attached hydrogens (tertiary/aromatic N) is 2. The molecule has 0 aromatic heterocycles. The van der Waals surface area contributed by atoms with Crippen molar-refractivity contribution in [1.29, 1.82) is 0 Å². The van der Waals surface area contributed by atoms with Crippen LogP contribution in [0.4, 0.5) is 0 Å². The van der Waals surface area contributed by atoms with E-state index in [2.05, 4.69) is 11.9 Å². The van der Waals surface area contributed by atoms with Crippen molar-refractivity contribution in [2.75, 3.05) is 34.3 Å². The summed E-state index contributed by atoms with van der Waals surface area (Å²) in [6.07, 6.45) is 2.11. The summed E-state index contributed by atoms with van der Waals surface area (Å²) in [6.45, 7) is 2.57. The molecule has 1 aromatic rings. The number of para-hydroxylation sites is 1. The molecular formula is C16H24N2O2. The van der Waals surface area contributed by atoms with Gasteiger partial charge < -0.3 is 14.5 Å². The maximum absolute atomic E-state index is 12.5. The first kappa shape index (κ1) is 14.9. The lowest BCUT2D eigenvalue weighted by Crippen LogP contribution is -2.41. The minimum Gasteiger partial charge on any atom is -0.496 e. The first-order chi connectivity index (χ1) is 9.61. The topological polar surface area (TPSA) is 32.8 Å². The summed E-state index contributed by atoms with van der Waals surface area (Å²) in [6, 6.07) is 7.86. The lowest BCUT2D eigenvalue weighted by atomic mass is 9.97. The molecule has 2 rings (SSSR count). The lowest BCUT2D eigenvalue weighted by molar-refractivity contribution is -0.136. The van der Waals surface area contributed by atoms with Gasteiger partial charge in [0.1, 0.15) is 5.75 Å². The van der Waals surface area contributed by atoms with Gasteiger partial charge in [0.2, 0.25) is 5.91 Å². The molecule has 1 aromatic carbocycles. The molecule has 1 atom stereocenters. The summed E-state index contributed by atoms with van der Waals surface area (Å²) in [4.78, 5) is 16.6. The van der Waals surface area contributed by atoms with Crippen molar-refractivity contribution in [3.8, 4) is 5.75 Å². The zero-order valence-electron chi connectivity index (χ0n) is 12.6. The van der Waals surface area contributed by atoms with E-state index in [1.54, 1.807) is 7.11 Å². The molecule has 0 spiro atoms. The molecule has 0 N–H and O–H groups in total. The first-order valence-corrected chi connectivity index (χ1v) is 7.17.